The molecule has 128 valence electrons. The van der Waals surface area contributed by atoms with E-state index in [9.17, 15) is 4.79 Å². The number of hydrogen-bond donors (Lipinski definition) is 0. The van der Waals surface area contributed by atoms with Gasteiger partial charge in [0, 0.05) is 49.9 Å². The van der Waals surface area contributed by atoms with Gasteiger partial charge in [-0.15, -0.1) is 0 Å². The van der Waals surface area contributed by atoms with Crippen molar-refractivity contribution in [2.75, 3.05) is 33.2 Å². The molecule has 0 radical (unpaired) electrons. The standard InChI is InChI=1S/C21H22N2O2/c1-22-10-12-23(13-11-22)15-17-8-5-9-18-19(24)14-20(25-21(17)18)16-6-3-2-4-7-16/h2-9,14H,10-13,15H2,1H3. The lowest BCUT2D eigenvalue weighted by Crippen LogP contribution is -2.43. The highest BCUT2D eigenvalue weighted by Crippen LogP contribution is 2.25. The van der Waals surface area contributed by atoms with Crippen molar-refractivity contribution in [3.8, 4) is 11.3 Å². The Morgan fingerprint density at radius 3 is 2.48 bits per heavy atom. The first kappa shape index (κ1) is 16.1. The Kier molecular flexibility index (Phi) is 4.38. The second-order valence-corrected chi connectivity index (χ2v) is 6.71. The van der Waals surface area contributed by atoms with Crippen LogP contribution < -0.4 is 5.43 Å². The number of fused-ring (bicyclic) bond motifs is 1. The van der Waals surface area contributed by atoms with E-state index in [-0.39, 0.29) is 5.43 Å². The van der Waals surface area contributed by atoms with Gasteiger partial charge in [0.15, 0.2) is 5.43 Å². The molecule has 0 spiro atoms. The van der Waals surface area contributed by atoms with Crippen LogP contribution in [0.15, 0.2) is 63.8 Å². The molecule has 0 aliphatic carbocycles. The fourth-order valence-corrected chi connectivity index (χ4v) is 3.35. The molecular formula is C21H22N2O2. The topological polar surface area (TPSA) is 36.7 Å². The summed E-state index contributed by atoms with van der Waals surface area (Å²) in [6, 6.07) is 17.3. The second kappa shape index (κ2) is 6.82. The van der Waals surface area contributed by atoms with Gasteiger partial charge in [-0.2, -0.15) is 0 Å². The first-order chi connectivity index (χ1) is 12.2. The third-order valence-corrected chi connectivity index (χ3v) is 4.88. The van der Waals surface area contributed by atoms with Crippen LogP contribution in [0.1, 0.15) is 5.56 Å². The summed E-state index contributed by atoms with van der Waals surface area (Å²) in [6.07, 6.45) is 0. The van der Waals surface area contributed by atoms with Gasteiger partial charge in [0.2, 0.25) is 0 Å². The maximum atomic E-state index is 12.6. The average Bonchev–Trinajstić information content (AvgIpc) is 2.65. The van der Waals surface area contributed by atoms with E-state index in [2.05, 4.69) is 22.9 Å². The smallest absolute Gasteiger partial charge is 0.193 e. The Balaban J connectivity index is 1.74. The third kappa shape index (κ3) is 3.36. The van der Waals surface area contributed by atoms with E-state index >= 15 is 0 Å². The Morgan fingerprint density at radius 2 is 1.72 bits per heavy atom. The summed E-state index contributed by atoms with van der Waals surface area (Å²) in [5.74, 6) is 0.629. The molecule has 4 rings (SSSR count). The van der Waals surface area contributed by atoms with Crippen molar-refractivity contribution in [3.05, 3.63) is 70.4 Å². The quantitative estimate of drug-likeness (QED) is 0.737. The Bertz CT molecular complexity index is 926. The van der Waals surface area contributed by atoms with E-state index in [0.29, 0.717) is 16.7 Å². The van der Waals surface area contributed by atoms with Crippen LogP contribution in [0, 0.1) is 0 Å². The number of likely N-dealkylation sites (N-methyl/N-ethyl adjacent to an activating group) is 1. The fourth-order valence-electron chi connectivity index (χ4n) is 3.35. The Labute approximate surface area is 147 Å². The molecule has 4 nitrogen and oxygen atoms in total. The first-order valence-corrected chi connectivity index (χ1v) is 8.73. The van der Waals surface area contributed by atoms with Crippen LogP contribution in [0.5, 0.6) is 0 Å². The monoisotopic (exact) mass is 334 g/mol. The molecule has 0 N–H and O–H groups in total. The fraction of sp³-hybridized carbons (Fsp3) is 0.286. The molecular weight excluding hydrogens is 312 g/mol. The van der Waals surface area contributed by atoms with Gasteiger partial charge in [-0.05, 0) is 13.1 Å². The van der Waals surface area contributed by atoms with Crippen LogP contribution in [0.2, 0.25) is 0 Å². The minimum atomic E-state index is 0.0142. The van der Waals surface area contributed by atoms with Crippen LogP contribution in [-0.2, 0) is 6.54 Å². The van der Waals surface area contributed by atoms with Crippen LogP contribution >= 0.6 is 0 Å². The maximum Gasteiger partial charge on any atom is 0.193 e. The van der Waals surface area contributed by atoms with Crippen molar-refractivity contribution in [3.63, 3.8) is 0 Å². The summed E-state index contributed by atoms with van der Waals surface area (Å²) < 4.78 is 6.19. The van der Waals surface area contributed by atoms with Crippen molar-refractivity contribution in [1.29, 1.82) is 0 Å². The highest BCUT2D eigenvalue weighted by atomic mass is 16.3. The van der Waals surface area contributed by atoms with E-state index < -0.39 is 0 Å². The summed E-state index contributed by atoms with van der Waals surface area (Å²) >= 11 is 0. The molecule has 0 bridgehead atoms. The van der Waals surface area contributed by atoms with Crippen molar-refractivity contribution in [2.24, 2.45) is 0 Å². The zero-order valence-corrected chi connectivity index (χ0v) is 14.4. The summed E-state index contributed by atoms with van der Waals surface area (Å²) in [6.45, 7) is 5.03. The number of hydrogen-bond acceptors (Lipinski definition) is 4. The van der Waals surface area contributed by atoms with Crippen LogP contribution in [0.3, 0.4) is 0 Å². The normalized spacial score (nSPS) is 16.4. The summed E-state index contributed by atoms with van der Waals surface area (Å²) in [4.78, 5) is 17.3. The molecule has 0 atom stereocenters. The number of nitrogens with zero attached hydrogens (tertiary/aromatic N) is 2. The Morgan fingerprint density at radius 1 is 0.960 bits per heavy atom. The van der Waals surface area contributed by atoms with Gasteiger partial charge in [0.05, 0.1) is 5.39 Å². The highest BCUT2D eigenvalue weighted by Gasteiger charge is 2.17. The summed E-state index contributed by atoms with van der Waals surface area (Å²) in [5.41, 5.74) is 2.74. The van der Waals surface area contributed by atoms with Crippen LogP contribution in [0.4, 0.5) is 0 Å². The minimum absolute atomic E-state index is 0.0142. The number of piperazine rings is 1. The van der Waals surface area contributed by atoms with E-state index in [1.807, 2.05) is 42.5 Å². The molecule has 0 amide bonds. The van der Waals surface area contributed by atoms with Gasteiger partial charge < -0.3 is 9.32 Å². The van der Waals surface area contributed by atoms with E-state index in [0.717, 1.165) is 43.9 Å². The third-order valence-electron chi connectivity index (χ3n) is 4.88. The van der Waals surface area contributed by atoms with E-state index in [4.69, 9.17) is 4.42 Å². The van der Waals surface area contributed by atoms with E-state index in [1.54, 1.807) is 6.07 Å². The summed E-state index contributed by atoms with van der Waals surface area (Å²) in [7, 11) is 2.15. The van der Waals surface area contributed by atoms with Crippen molar-refractivity contribution >= 4 is 11.0 Å². The molecule has 1 aromatic heterocycles. The number of para-hydroxylation sites is 1. The molecule has 0 saturated carbocycles. The van der Waals surface area contributed by atoms with Crippen molar-refractivity contribution < 1.29 is 4.42 Å². The minimum Gasteiger partial charge on any atom is -0.455 e. The molecule has 1 saturated heterocycles. The van der Waals surface area contributed by atoms with Crippen LogP contribution in [0.25, 0.3) is 22.3 Å². The Hall–Kier alpha value is -2.43. The molecule has 1 fully saturated rings. The number of benzene rings is 2. The van der Waals surface area contributed by atoms with Gasteiger partial charge in [0.25, 0.3) is 0 Å². The molecule has 4 heteroatoms. The molecule has 1 aliphatic rings. The second-order valence-electron chi connectivity index (χ2n) is 6.71. The van der Waals surface area contributed by atoms with E-state index in [1.165, 1.54) is 0 Å². The zero-order chi connectivity index (χ0) is 17.2. The molecule has 2 aromatic carbocycles. The predicted octanol–water partition coefficient (Wildman–Crippen LogP) is 3.21. The zero-order valence-electron chi connectivity index (χ0n) is 14.4. The first-order valence-electron chi connectivity index (χ1n) is 8.73. The molecule has 25 heavy (non-hydrogen) atoms. The van der Waals surface area contributed by atoms with Crippen LogP contribution in [-0.4, -0.2) is 43.0 Å². The molecule has 3 aromatic rings. The van der Waals surface area contributed by atoms with Gasteiger partial charge in [-0.1, -0.05) is 42.5 Å². The van der Waals surface area contributed by atoms with Crippen molar-refractivity contribution in [2.45, 2.75) is 6.54 Å². The predicted molar refractivity (Wildman–Crippen MR) is 101 cm³/mol. The maximum absolute atomic E-state index is 12.6. The molecule has 2 heterocycles. The SMILES string of the molecule is CN1CCN(Cc2cccc3c(=O)cc(-c4ccccc4)oc23)CC1. The van der Waals surface area contributed by atoms with Gasteiger partial charge in [-0.3, -0.25) is 9.69 Å². The van der Waals surface area contributed by atoms with Crippen molar-refractivity contribution in [1.82, 2.24) is 9.80 Å². The van der Waals surface area contributed by atoms with Gasteiger partial charge >= 0.3 is 0 Å². The summed E-state index contributed by atoms with van der Waals surface area (Å²) in [5, 5.41) is 0.659. The lowest BCUT2D eigenvalue weighted by atomic mass is 10.1. The largest absolute Gasteiger partial charge is 0.455 e. The lowest BCUT2D eigenvalue weighted by molar-refractivity contribution is 0.148. The number of rotatable bonds is 3. The van der Waals surface area contributed by atoms with Gasteiger partial charge in [0.1, 0.15) is 11.3 Å². The highest BCUT2D eigenvalue weighted by molar-refractivity contribution is 5.81. The lowest BCUT2D eigenvalue weighted by Gasteiger charge is -2.32. The molecule has 1 aliphatic heterocycles. The molecule has 0 unspecified atom stereocenters. The van der Waals surface area contributed by atoms with Gasteiger partial charge in [-0.25, -0.2) is 0 Å². The average molecular weight is 334 g/mol.